The lowest BCUT2D eigenvalue weighted by Crippen LogP contribution is -2.30. The summed E-state index contributed by atoms with van der Waals surface area (Å²) in [6, 6.07) is 0. The van der Waals surface area contributed by atoms with E-state index in [2.05, 4.69) is 4.98 Å². The highest BCUT2D eigenvalue weighted by molar-refractivity contribution is 6.32. The van der Waals surface area contributed by atoms with Crippen molar-refractivity contribution in [1.82, 2.24) is 9.55 Å². The van der Waals surface area contributed by atoms with Crippen LogP contribution in [0, 0.1) is 12.8 Å². The van der Waals surface area contributed by atoms with E-state index in [4.69, 9.17) is 11.6 Å². The maximum absolute atomic E-state index is 11.9. The third kappa shape index (κ3) is 1.53. The molecule has 1 unspecified atom stereocenters. The SMILES string of the molecule is Cc1nc(Cl)c2n1CCC(C)C(=O)N2C. The molecule has 1 aliphatic heterocycles. The van der Waals surface area contributed by atoms with Crippen molar-refractivity contribution in [3.05, 3.63) is 11.0 Å². The molecule has 15 heavy (non-hydrogen) atoms. The summed E-state index contributed by atoms with van der Waals surface area (Å²) in [7, 11) is 1.75. The number of fused-ring (bicyclic) bond motifs is 1. The minimum Gasteiger partial charge on any atom is -0.313 e. The number of nitrogens with zero attached hydrogens (tertiary/aromatic N) is 3. The topological polar surface area (TPSA) is 38.1 Å². The largest absolute Gasteiger partial charge is 0.313 e. The molecular weight excluding hydrogens is 214 g/mol. The van der Waals surface area contributed by atoms with Crippen LogP contribution in [-0.2, 0) is 11.3 Å². The van der Waals surface area contributed by atoms with Crippen molar-refractivity contribution < 1.29 is 4.79 Å². The predicted octanol–water partition coefficient (Wildman–Crippen LogP) is 1.85. The Balaban J connectivity index is 2.54. The van der Waals surface area contributed by atoms with Crippen molar-refractivity contribution in [3.63, 3.8) is 0 Å². The zero-order valence-corrected chi connectivity index (χ0v) is 9.88. The zero-order valence-electron chi connectivity index (χ0n) is 9.12. The van der Waals surface area contributed by atoms with E-state index in [0.29, 0.717) is 5.15 Å². The summed E-state index contributed by atoms with van der Waals surface area (Å²) in [6.07, 6.45) is 0.837. The molecule has 1 atom stereocenters. The number of carbonyl (C=O) groups excluding carboxylic acids is 1. The van der Waals surface area contributed by atoms with Gasteiger partial charge in [-0.1, -0.05) is 18.5 Å². The van der Waals surface area contributed by atoms with Gasteiger partial charge in [-0.3, -0.25) is 9.69 Å². The van der Waals surface area contributed by atoms with Crippen LogP contribution >= 0.6 is 11.6 Å². The van der Waals surface area contributed by atoms with Crippen LogP contribution in [0.2, 0.25) is 5.15 Å². The summed E-state index contributed by atoms with van der Waals surface area (Å²) >= 11 is 6.02. The number of hydrogen-bond donors (Lipinski definition) is 0. The lowest BCUT2D eigenvalue weighted by molar-refractivity contribution is -0.121. The summed E-state index contributed by atoms with van der Waals surface area (Å²) in [4.78, 5) is 17.7. The van der Waals surface area contributed by atoms with Gasteiger partial charge in [-0.2, -0.15) is 0 Å². The quantitative estimate of drug-likeness (QED) is 0.679. The van der Waals surface area contributed by atoms with Crippen LogP contribution in [0.25, 0.3) is 0 Å². The summed E-state index contributed by atoms with van der Waals surface area (Å²) in [5, 5.41) is 0.414. The molecule has 0 bridgehead atoms. The second-order valence-electron chi connectivity index (χ2n) is 4.01. The van der Waals surface area contributed by atoms with Crippen LogP contribution < -0.4 is 4.90 Å². The molecule has 2 heterocycles. The second kappa shape index (κ2) is 3.52. The third-order valence-corrected chi connectivity index (χ3v) is 3.20. The molecule has 1 aromatic rings. The van der Waals surface area contributed by atoms with Crippen LogP contribution in [-0.4, -0.2) is 22.5 Å². The van der Waals surface area contributed by atoms with E-state index in [0.717, 1.165) is 24.6 Å². The van der Waals surface area contributed by atoms with E-state index in [1.165, 1.54) is 0 Å². The number of halogens is 1. The van der Waals surface area contributed by atoms with Gasteiger partial charge in [0.15, 0.2) is 11.0 Å². The van der Waals surface area contributed by atoms with Gasteiger partial charge in [0.25, 0.3) is 0 Å². The smallest absolute Gasteiger partial charge is 0.230 e. The Hall–Kier alpha value is -1.03. The van der Waals surface area contributed by atoms with Crippen molar-refractivity contribution >= 4 is 23.3 Å². The molecule has 1 amide bonds. The molecule has 0 saturated carbocycles. The van der Waals surface area contributed by atoms with Gasteiger partial charge in [0.2, 0.25) is 5.91 Å². The molecular formula is C10H14ClN3O. The normalized spacial score (nSPS) is 21.5. The van der Waals surface area contributed by atoms with E-state index in [-0.39, 0.29) is 11.8 Å². The fraction of sp³-hybridized carbons (Fsp3) is 0.600. The number of aromatic nitrogens is 2. The molecule has 2 rings (SSSR count). The zero-order chi connectivity index (χ0) is 11.2. The van der Waals surface area contributed by atoms with Gasteiger partial charge in [-0.25, -0.2) is 4.98 Å². The van der Waals surface area contributed by atoms with Crippen LogP contribution in [0.1, 0.15) is 19.2 Å². The average Bonchev–Trinajstić information content (AvgIpc) is 2.41. The van der Waals surface area contributed by atoms with E-state index < -0.39 is 0 Å². The Bertz CT molecular complexity index is 413. The minimum atomic E-state index is 0.0466. The van der Waals surface area contributed by atoms with Gasteiger partial charge in [0.05, 0.1) is 0 Å². The molecule has 1 aliphatic rings. The molecule has 0 aromatic carbocycles. The Kier molecular flexibility index (Phi) is 2.46. The minimum absolute atomic E-state index is 0.0466. The van der Waals surface area contributed by atoms with Crippen molar-refractivity contribution in [1.29, 1.82) is 0 Å². The fourth-order valence-corrected chi connectivity index (χ4v) is 2.34. The van der Waals surface area contributed by atoms with Gasteiger partial charge in [0.1, 0.15) is 5.82 Å². The van der Waals surface area contributed by atoms with Crippen LogP contribution in [0.4, 0.5) is 5.82 Å². The number of rotatable bonds is 0. The highest BCUT2D eigenvalue weighted by Gasteiger charge is 2.28. The first kappa shape index (κ1) is 10.5. The van der Waals surface area contributed by atoms with Gasteiger partial charge < -0.3 is 4.57 Å². The van der Waals surface area contributed by atoms with Gasteiger partial charge >= 0.3 is 0 Å². The molecule has 5 heteroatoms. The second-order valence-corrected chi connectivity index (χ2v) is 4.37. The molecule has 0 aliphatic carbocycles. The fourth-order valence-electron chi connectivity index (χ4n) is 1.99. The van der Waals surface area contributed by atoms with Gasteiger partial charge in [0, 0.05) is 19.5 Å². The Morgan fingerprint density at radius 1 is 1.53 bits per heavy atom. The summed E-state index contributed by atoms with van der Waals surface area (Å²) in [6.45, 7) is 4.66. The first-order valence-corrected chi connectivity index (χ1v) is 5.40. The molecule has 0 N–H and O–H groups in total. The summed E-state index contributed by atoms with van der Waals surface area (Å²) in [5.74, 6) is 1.74. The van der Waals surface area contributed by atoms with E-state index in [1.807, 2.05) is 18.4 Å². The highest BCUT2D eigenvalue weighted by atomic mass is 35.5. The van der Waals surface area contributed by atoms with E-state index >= 15 is 0 Å². The van der Waals surface area contributed by atoms with Crippen LogP contribution in [0.5, 0.6) is 0 Å². The molecule has 0 radical (unpaired) electrons. The number of carbonyl (C=O) groups is 1. The molecule has 4 nitrogen and oxygen atoms in total. The van der Waals surface area contributed by atoms with Gasteiger partial charge in [-0.15, -0.1) is 0 Å². The molecule has 82 valence electrons. The Morgan fingerprint density at radius 3 is 2.87 bits per heavy atom. The Labute approximate surface area is 93.8 Å². The van der Waals surface area contributed by atoms with Crippen LogP contribution in [0.3, 0.4) is 0 Å². The monoisotopic (exact) mass is 227 g/mol. The summed E-state index contributed by atoms with van der Waals surface area (Å²) < 4.78 is 2.00. The molecule has 1 aromatic heterocycles. The summed E-state index contributed by atoms with van der Waals surface area (Å²) in [5.41, 5.74) is 0. The lowest BCUT2D eigenvalue weighted by Gasteiger charge is -2.17. The standard InChI is InChI=1S/C10H14ClN3O/c1-6-4-5-14-7(2)12-8(11)9(14)13(3)10(6)15/h6H,4-5H2,1-3H3. The van der Waals surface area contributed by atoms with Crippen molar-refractivity contribution in [3.8, 4) is 0 Å². The molecule has 0 spiro atoms. The predicted molar refractivity (Wildman–Crippen MR) is 59.2 cm³/mol. The number of anilines is 1. The maximum Gasteiger partial charge on any atom is 0.230 e. The lowest BCUT2D eigenvalue weighted by atomic mass is 10.1. The van der Waals surface area contributed by atoms with Crippen molar-refractivity contribution in [2.24, 2.45) is 5.92 Å². The van der Waals surface area contributed by atoms with Crippen molar-refractivity contribution in [2.75, 3.05) is 11.9 Å². The number of amides is 1. The van der Waals surface area contributed by atoms with E-state index in [1.54, 1.807) is 11.9 Å². The third-order valence-electron chi connectivity index (χ3n) is 2.95. The van der Waals surface area contributed by atoms with Crippen molar-refractivity contribution in [2.45, 2.75) is 26.8 Å². The number of imidazole rings is 1. The van der Waals surface area contributed by atoms with Gasteiger partial charge in [-0.05, 0) is 13.3 Å². The first-order chi connectivity index (χ1) is 7.02. The number of hydrogen-bond acceptors (Lipinski definition) is 2. The molecule has 0 fully saturated rings. The maximum atomic E-state index is 11.9. The van der Waals surface area contributed by atoms with Crippen LogP contribution in [0.15, 0.2) is 0 Å². The number of aryl methyl sites for hydroxylation is 1. The molecule has 0 saturated heterocycles. The first-order valence-electron chi connectivity index (χ1n) is 5.02. The average molecular weight is 228 g/mol. The Morgan fingerprint density at radius 2 is 2.20 bits per heavy atom. The van der Waals surface area contributed by atoms with E-state index in [9.17, 15) is 4.79 Å². The highest BCUT2D eigenvalue weighted by Crippen LogP contribution is 2.30.